The second-order valence-corrected chi connectivity index (χ2v) is 2.16. The summed E-state index contributed by atoms with van der Waals surface area (Å²) in [4.78, 5) is 21.6. The van der Waals surface area contributed by atoms with E-state index in [0.717, 1.165) is 0 Å². The third-order valence-electron chi connectivity index (χ3n) is 1.11. The van der Waals surface area contributed by atoms with E-state index in [1.54, 1.807) is 13.0 Å². The molecule has 0 saturated carbocycles. The van der Waals surface area contributed by atoms with Gasteiger partial charge >= 0.3 is 12.0 Å². The van der Waals surface area contributed by atoms with Crippen molar-refractivity contribution in [2.45, 2.75) is 6.92 Å². The minimum atomic E-state index is -0.448. The van der Waals surface area contributed by atoms with Crippen LogP contribution >= 0.6 is 0 Å². The Hall–Kier alpha value is -1.52. The van der Waals surface area contributed by atoms with Gasteiger partial charge in [-0.2, -0.15) is 0 Å². The van der Waals surface area contributed by atoms with Crippen LogP contribution in [0, 0.1) is 0 Å². The van der Waals surface area contributed by atoms with Gasteiger partial charge in [-0.1, -0.05) is 6.08 Å². The van der Waals surface area contributed by atoms with Crippen molar-refractivity contribution in [3.8, 4) is 0 Å². The fourth-order valence-corrected chi connectivity index (χ4v) is 0.592. The van der Waals surface area contributed by atoms with Crippen molar-refractivity contribution in [1.29, 1.82) is 0 Å². The monoisotopic (exact) mass is 186 g/mol. The molecule has 5 heteroatoms. The van der Waals surface area contributed by atoms with E-state index in [2.05, 4.69) is 21.9 Å². The molecule has 0 heterocycles. The first-order valence-electron chi connectivity index (χ1n) is 3.99. The molecule has 13 heavy (non-hydrogen) atoms. The van der Waals surface area contributed by atoms with Gasteiger partial charge in [0.05, 0.1) is 6.61 Å². The van der Waals surface area contributed by atoms with Gasteiger partial charge < -0.3 is 15.4 Å². The molecule has 0 atom stereocenters. The molecule has 0 bridgehead atoms. The number of hydrogen-bond donors (Lipinski definition) is 2. The Bertz CT molecular complexity index is 192. The van der Waals surface area contributed by atoms with Crippen molar-refractivity contribution >= 4 is 12.0 Å². The third kappa shape index (κ3) is 6.86. The first-order valence-corrected chi connectivity index (χ1v) is 3.99. The third-order valence-corrected chi connectivity index (χ3v) is 1.11. The van der Waals surface area contributed by atoms with Gasteiger partial charge in [0.2, 0.25) is 0 Å². The molecular weight excluding hydrogens is 172 g/mol. The predicted octanol–water partition coefficient (Wildman–Crippen LogP) is 0.0347. The molecule has 0 fully saturated rings. The average molecular weight is 186 g/mol. The van der Waals surface area contributed by atoms with Gasteiger partial charge in [-0.25, -0.2) is 4.79 Å². The number of ether oxygens (including phenoxy) is 1. The van der Waals surface area contributed by atoms with Gasteiger partial charge in [-0.05, 0) is 6.92 Å². The summed E-state index contributed by atoms with van der Waals surface area (Å²) in [6.45, 7) is 5.70. The van der Waals surface area contributed by atoms with Gasteiger partial charge in [0.15, 0.2) is 0 Å². The van der Waals surface area contributed by atoms with E-state index in [4.69, 9.17) is 0 Å². The summed E-state index contributed by atoms with van der Waals surface area (Å²) >= 11 is 0. The van der Waals surface area contributed by atoms with Crippen LogP contribution in [0.1, 0.15) is 6.92 Å². The summed E-state index contributed by atoms with van der Waals surface area (Å²) in [7, 11) is 0. The molecule has 2 N–H and O–H groups in total. The molecule has 0 radical (unpaired) electrons. The van der Waals surface area contributed by atoms with Crippen molar-refractivity contribution in [1.82, 2.24) is 10.6 Å². The highest BCUT2D eigenvalue weighted by Crippen LogP contribution is 1.75. The first kappa shape index (κ1) is 11.5. The summed E-state index contributed by atoms with van der Waals surface area (Å²) in [5, 5.41) is 4.78. The fraction of sp³-hybridized carbons (Fsp3) is 0.500. The summed E-state index contributed by atoms with van der Waals surface area (Å²) < 4.78 is 4.60. The maximum absolute atomic E-state index is 10.8. The van der Waals surface area contributed by atoms with E-state index in [-0.39, 0.29) is 6.54 Å². The molecule has 0 unspecified atom stereocenters. The number of rotatable bonds is 5. The molecule has 0 aliphatic rings. The smallest absolute Gasteiger partial charge is 0.325 e. The predicted molar refractivity (Wildman–Crippen MR) is 48.2 cm³/mol. The lowest BCUT2D eigenvalue weighted by atomic mass is 10.6. The van der Waals surface area contributed by atoms with Crippen LogP contribution in [0.2, 0.25) is 0 Å². The Morgan fingerprint density at radius 1 is 1.46 bits per heavy atom. The SMILES string of the molecule is C=CCNC(=O)NCC(=O)OCC. The highest BCUT2D eigenvalue weighted by molar-refractivity contribution is 5.80. The molecule has 0 spiro atoms. The molecule has 0 aliphatic carbocycles. The second kappa shape index (κ2) is 7.15. The molecule has 0 saturated heterocycles. The van der Waals surface area contributed by atoms with Crippen LogP contribution in [-0.4, -0.2) is 31.7 Å². The van der Waals surface area contributed by atoms with Crippen LogP contribution in [0.5, 0.6) is 0 Å². The fourth-order valence-electron chi connectivity index (χ4n) is 0.592. The standard InChI is InChI=1S/C8H14N2O3/c1-3-5-9-8(12)10-6-7(11)13-4-2/h3H,1,4-6H2,2H3,(H2,9,10,12). The van der Waals surface area contributed by atoms with Crippen LogP contribution in [0.3, 0.4) is 0 Å². The van der Waals surface area contributed by atoms with Gasteiger partial charge in [-0.3, -0.25) is 4.79 Å². The Morgan fingerprint density at radius 2 is 2.15 bits per heavy atom. The van der Waals surface area contributed by atoms with Crippen molar-refractivity contribution < 1.29 is 14.3 Å². The molecule has 0 aromatic heterocycles. The maximum Gasteiger partial charge on any atom is 0.325 e. The van der Waals surface area contributed by atoms with E-state index < -0.39 is 12.0 Å². The number of hydrogen-bond acceptors (Lipinski definition) is 3. The summed E-state index contributed by atoms with van der Waals surface area (Å²) in [6, 6.07) is -0.409. The van der Waals surface area contributed by atoms with E-state index in [0.29, 0.717) is 13.2 Å². The van der Waals surface area contributed by atoms with Crippen molar-refractivity contribution in [2.24, 2.45) is 0 Å². The molecule has 0 aliphatic heterocycles. The summed E-state index contributed by atoms with van der Waals surface area (Å²) in [5.41, 5.74) is 0. The largest absolute Gasteiger partial charge is 0.465 e. The number of carbonyl (C=O) groups is 2. The minimum absolute atomic E-state index is 0.114. The second-order valence-electron chi connectivity index (χ2n) is 2.16. The maximum atomic E-state index is 10.8. The number of urea groups is 1. The number of nitrogens with one attached hydrogen (secondary N) is 2. The zero-order valence-corrected chi connectivity index (χ0v) is 7.63. The van der Waals surface area contributed by atoms with E-state index in [1.807, 2.05) is 0 Å². The van der Waals surface area contributed by atoms with E-state index in [1.165, 1.54) is 0 Å². The lowest BCUT2D eigenvalue weighted by Crippen LogP contribution is -2.38. The van der Waals surface area contributed by atoms with Crippen molar-refractivity contribution in [3.63, 3.8) is 0 Å². The highest BCUT2D eigenvalue weighted by atomic mass is 16.5. The lowest BCUT2D eigenvalue weighted by Gasteiger charge is -2.04. The summed E-state index contributed by atoms with van der Waals surface area (Å²) in [6.07, 6.45) is 1.55. The van der Waals surface area contributed by atoms with Crippen LogP contribution in [-0.2, 0) is 9.53 Å². The van der Waals surface area contributed by atoms with Crippen molar-refractivity contribution in [3.05, 3.63) is 12.7 Å². The highest BCUT2D eigenvalue weighted by Gasteiger charge is 2.03. The molecule has 5 nitrogen and oxygen atoms in total. The Morgan fingerprint density at radius 3 is 2.69 bits per heavy atom. The van der Waals surface area contributed by atoms with Gasteiger partial charge in [0.1, 0.15) is 6.54 Å². The number of amides is 2. The topological polar surface area (TPSA) is 67.4 Å². The zero-order chi connectivity index (χ0) is 10.1. The van der Waals surface area contributed by atoms with Crippen molar-refractivity contribution in [2.75, 3.05) is 19.7 Å². The first-order chi connectivity index (χ1) is 6.20. The molecule has 2 amide bonds. The molecular formula is C8H14N2O3. The Kier molecular flexibility index (Phi) is 6.31. The van der Waals surface area contributed by atoms with Gasteiger partial charge in [0.25, 0.3) is 0 Å². The van der Waals surface area contributed by atoms with Crippen LogP contribution in [0.15, 0.2) is 12.7 Å². The number of esters is 1. The quantitative estimate of drug-likeness (QED) is 0.470. The molecule has 0 aromatic rings. The van der Waals surface area contributed by atoms with Crippen LogP contribution < -0.4 is 10.6 Å². The molecule has 0 rings (SSSR count). The summed E-state index contributed by atoms with van der Waals surface area (Å²) in [5.74, 6) is -0.448. The average Bonchev–Trinajstić information content (AvgIpc) is 2.12. The van der Waals surface area contributed by atoms with Crippen LogP contribution in [0.4, 0.5) is 4.79 Å². The Labute approximate surface area is 77.1 Å². The minimum Gasteiger partial charge on any atom is -0.465 e. The Balaban J connectivity index is 3.45. The van der Waals surface area contributed by atoms with Gasteiger partial charge in [0, 0.05) is 6.54 Å². The van der Waals surface area contributed by atoms with Crippen LogP contribution in [0.25, 0.3) is 0 Å². The normalized spacial score (nSPS) is 8.69. The van der Waals surface area contributed by atoms with Gasteiger partial charge in [-0.15, -0.1) is 6.58 Å². The lowest BCUT2D eigenvalue weighted by molar-refractivity contribution is -0.141. The van der Waals surface area contributed by atoms with E-state index in [9.17, 15) is 9.59 Å². The van der Waals surface area contributed by atoms with E-state index >= 15 is 0 Å². The molecule has 74 valence electrons. The molecule has 0 aromatic carbocycles. The zero-order valence-electron chi connectivity index (χ0n) is 7.63. The number of carbonyl (C=O) groups excluding carboxylic acids is 2.